The van der Waals surface area contributed by atoms with E-state index in [9.17, 15) is 4.79 Å². The Bertz CT molecular complexity index is 667. The SMILES string of the molecule is C=CCSc1ccccc1C(=O)NC(C)c1ccc(OC)cc1. The van der Waals surface area contributed by atoms with E-state index in [1.165, 1.54) is 0 Å². The molecule has 4 heteroatoms. The zero-order valence-corrected chi connectivity index (χ0v) is 14.2. The van der Waals surface area contributed by atoms with Crippen LogP contribution in [0.5, 0.6) is 5.75 Å². The summed E-state index contributed by atoms with van der Waals surface area (Å²) in [4.78, 5) is 13.5. The number of ether oxygens (including phenoxy) is 1. The van der Waals surface area contributed by atoms with Gasteiger partial charge in [-0.25, -0.2) is 0 Å². The third-order valence-corrected chi connectivity index (χ3v) is 4.52. The molecule has 1 N–H and O–H groups in total. The maximum absolute atomic E-state index is 12.6. The predicted molar refractivity (Wildman–Crippen MR) is 96.2 cm³/mol. The van der Waals surface area contributed by atoms with Gasteiger partial charge in [-0.15, -0.1) is 18.3 Å². The summed E-state index contributed by atoms with van der Waals surface area (Å²) in [5.74, 6) is 1.51. The Balaban J connectivity index is 2.10. The van der Waals surface area contributed by atoms with E-state index in [0.717, 1.165) is 22.0 Å². The van der Waals surface area contributed by atoms with Crippen LogP contribution in [0.2, 0.25) is 0 Å². The number of amides is 1. The lowest BCUT2D eigenvalue weighted by Gasteiger charge is -2.16. The summed E-state index contributed by atoms with van der Waals surface area (Å²) in [6.45, 7) is 5.69. The largest absolute Gasteiger partial charge is 0.497 e. The Morgan fingerprint density at radius 2 is 1.96 bits per heavy atom. The van der Waals surface area contributed by atoms with E-state index in [-0.39, 0.29) is 11.9 Å². The van der Waals surface area contributed by atoms with Crippen molar-refractivity contribution in [1.82, 2.24) is 5.32 Å². The number of carbonyl (C=O) groups is 1. The van der Waals surface area contributed by atoms with Gasteiger partial charge in [-0.05, 0) is 36.8 Å². The van der Waals surface area contributed by atoms with Crippen LogP contribution < -0.4 is 10.1 Å². The van der Waals surface area contributed by atoms with Crippen LogP contribution in [0.1, 0.15) is 28.9 Å². The van der Waals surface area contributed by atoms with Crippen molar-refractivity contribution in [3.05, 3.63) is 72.3 Å². The topological polar surface area (TPSA) is 38.3 Å². The maximum atomic E-state index is 12.6. The summed E-state index contributed by atoms with van der Waals surface area (Å²) in [7, 11) is 1.64. The molecule has 2 rings (SSSR count). The summed E-state index contributed by atoms with van der Waals surface area (Å²) in [6, 6.07) is 15.3. The number of rotatable bonds is 7. The number of methoxy groups -OCH3 is 1. The normalized spacial score (nSPS) is 11.6. The van der Waals surface area contributed by atoms with E-state index in [0.29, 0.717) is 5.56 Å². The highest BCUT2D eigenvalue weighted by molar-refractivity contribution is 7.99. The fraction of sp³-hybridized carbons (Fsp3) is 0.211. The lowest BCUT2D eigenvalue weighted by Crippen LogP contribution is -2.27. The van der Waals surface area contributed by atoms with Crippen LogP contribution in [0.25, 0.3) is 0 Å². The summed E-state index contributed by atoms with van der Waals surface area (Å²) in [5, 5.41) is 3.05. The van der Waals surface area contributed by atoms with E-state index < -0.39 is 0 Å². The molecule has 3 nitrogen and oxygen atoms in total. The molecule has 1 atom stereocenters. The molecule has 0 aliphatic heterocycles. The van der Waals surface area contributed by atoms with Gasteiger partial charge in [0.15, 0.2) is 0 Å². The minimum Gasteiger partial charge on any atom is -0.497 e. The van der Waals surface area contributed by atoms with Crippen LogP contribution in [0.4, 0.5) is 0 Å². The molecule has 0 aromatic heterocycles. The van der Waals surface area contributed by atoms with E-state index in [4.69, 9.17) is 4.74 Å². The molecule has 0 saturated heterocycles. The highest BCUT2D eigenvalue weighted by atomic mass is 32.2. The lowest BCUT2D eigenvalue weighted by atomic mass is 10.1. The van der Waals surface area contributed by atoms with Gasteiger partial charge in [0.2, 0.25) is 0 Å². The predicted octanol–water partition coefficient (Wildman–Crippen LogP) is 4.46. The lowest BCUT2D eigenvalue weighted by molar-refractivity contribution is 0.0937. The quantitative estimate of drug-likeness (QED) is 0.602. The van der Waals surface area contributed by atoms with Crippen LogP contribution in [-0.2, 0) is 0 Å². The molecule has 0 saturated carbocycles. The van der Waals surface area contributed by atoms with Crippen LogP contribution in [-0.4, -0.2) is 18.8 Å². The number of benzene rings is 2. The molecular formula is C19H21NO2S. The fourth-order valence-electron chi connectivity index (χ4n) is 2.18. The fourth-order valence-corrected chi connectivity index (χ4v) is 2.97. The average Bonchev–Trinajstić information content (AvgIpc) is 2.60. The van der Waals surface area contributed by atoms with Crippen LogP contribution >= 0.6 is 11.8 Å². The van der Waals surface area contributed by atoms with Crippen molar-refractivity contribution in [2.24, 2.45) is 0 Å². The summed E-state index contributed by atoms with van der Waals surface area (Å²) in [5.41, 5.74) is 1.73. The molecule has 1 unspecified atom stereocenters. The second-order valence-corrected chi connectivity index (χ2v) is 6.13. The maximum Gasteiger partial charge on any atom is 0.252 e. The van der Waals surface area contributed by atoms with Gasteiger partial charge in [0.05, 0.1) is 18.7 Å². The van der Waals surface area contributed by atoms with Gasteiger partial charge in [-0.1, -0.05) is 30.3 Å². The molecular weight excluding hydrogens is 306 g/mol. The van der Waals surface area contributed by atoms with E-state index >= 15 is 0 Å². The summed E-state index contributed by atoms with van der Waals surface area (Å²) in [6.07, 6.45) is 1.83. The average molecular weight is 327 g/mol. The first-order chi connectivity index (χ1) is 11.2. The molecule has 23 heavy (non-hydrogen) atoms. The van der Waals surface area contributed by atoms with Gasteiger partial charge in [0, 0.05) is 10.6 Å². The van der Waals surface area contributed by atoms with E-state index in [1.807, 2.05) is 61.5 Å². The molecule has 1 amide bonds. The molecule has 120 valence electrons. The molecule has 0 aliphatic carbocycles. The number of hydrogen-bond acceptors (Lipinski definition) is 3. The highest BCUT2D eigenvalue weighted by Crippen LogP contribution is 2.24. The van der Waals surface area contributed by atoms with Crippen molar-refractivity contribution in [1.29, 1.82) is 0 Å². The van der Waals surface area contributed by atoms with Gasteiger partial charge in [0.1, 0.15) is 5.75 Å². The first-order valence-corrected chi connectivity index (χ1v) is 8.41. The third kappa shape index (κ3) is 4.63. The minimum atomic E-state index is -0.0779. The number of nitrogens with one attached hydrogen (secondary N) is 1. The second kappa shape index (κ2) is 8.44. The number of thioether (sulfide) groups is 1. The smallest absolute Gasteiger partial charge is 0.252 e. The molecule has 0 bridgehead atoms. The summed E-state index contributed by atoms with van der Waals surface area (Å²) >= 11 is 1.61. The first kappa shape index (κ1) is 17.2. The van der Waals surface area contributed by atoms with E-state index in [1.54, 1.807) is 18.9 Å². The molecule has 0 radical (unpaired) electrons. The Morgan fingerprint density at radius 1 is 1.26 bits per heavy atom. The van der Waals surface area contributed by atoms with Crippen molar-refractivity contribution < 1.29 is 9.53 Å². The number of carbonyl (C=O) groups excluding carboxylic acids is 1. The van der Waals surface area contributed by atoms with E-state index in [2.05, 4.69) is 11.9 Å². The van der Waals surface area contributed by atoms with Crippen molar-refractivity contribution >= 4 is 17.7 Å². The van der Waals surface area contributed by atoms with Crippen molar-refractivity contribution in [2.45, 2.75) is 17.9 Å². The first-order valence-electron chi connectivity index (χ1n) is 7.43. The Hall–Kier alpha value is -2.20. The van der Waals surface area contributed by atoms with Gasteiger partial charge in [0.25, 0.3) is 5.91 Å². The van der Waals surface area contributed by atoms with Gasteiger partial charge < -0.3 is 10.1 Å². The van der Waals surface area contributed by atoms with Crippen LogP contribution in [0.15, 0.2) is 66.1 Å². The van der Waals surface area contributed by atoms with Crippen molar-refractivity contribution in [2.75, 3.05) is 12.9 Å². The van der Waals surface area contributed by atoms with Gasteiger partial charge in [-0.3, -0.25) is 4.79 Å². The Kier molecular flexibility index (Phi) is 6.29. The highest BCUT2D eigenvalue weighted by Gasteiger charge is 2.14. The summed E-state index contributed by atoms with van der Waals surface area (Å²) < 4.78 is 5.15. The molecule has 0 aliphatic rings. The van der Waals surface area contributed by atoms with Crippen LogP contribution in [0, 0.1) is 0 Å². The molecule has 0 spiro atoms. The molecule has 0 heterocycles. The second-order valence-electron chi connectivity index (χ2n) is 5.06. The monoisotopic (exact) mass is 327 g/mol. The minimum absolute atomic E-state index is 0.0690. The molecule has 2 aromatic carbocycles. The zero-order chi connectivity index (χ0) is 16.7. The third-order valence-electron chi connectivity index (χ3n) is 3.45. The standard InChI is InChI=1S/C19H21NO2S/c1-4-13-23-18-8-6-5-7-17(18)19(21)20-14(2)15-9-11-16(22-3)12-10-15/h4-12,14H,1,13H2,2-3H3,(H,20,21). The number of hydrogen-bond donors (Lipinski definition) is 1. The Labute approximate surface area is 141 Å². The van der Waals surface area contributed by atoms with Gasteiger partial charge >= 0.3 is 0 Å². The van der Waals surface area contributed by atoms with Crippen molar-refractivity contribution in [3.8, 4) is 5.75 Å². The van der Waals surface area contributed by atoms with Crippen molar-refractivity contribution in [3.63, 3.8) is 0 Å². The zero-order valence-electron chi connectivity index (χ0n) is 13.4. The molecule has 2 aromatic rings. The van der Waals surface area contributed by atoms with Crippen LogP contribution in [0.3, 0.4) is 0 Å². The Morgan fingerprint density at radius 3 is 2.61 bits per heavy atom. The molecule has 0 fully saturated rings. The van der Waals surface area contributed by atoms with Gasteiger partial charge in [-0.2, -0.15) is 0 Å².